The molecule has 2 aromatic carbocycles. The van der Waals surface area contributed by atoms with E-state index in [1.54, 1.807) is 0 Å². The number of nitrogens with zero attached hydrogens (tertiary/aromatic N) is 4. The first-order valence-electron chi connectivity index (χ1n) is 10.5. The molecule has 1 aliphatic heterocycles. The predicted octanol–water partition coefficient (Wildman–Crippen LogP) is 2.86. The summed E-state index contributed by atoms with van der Waals surface area (Å²) in [5.41, 5.74) is 3.37. The Hall–Kier alpha value is -2.84. The number of thioether (sulfide) groups is 1. The molecule has 0 aliphatic carbocycles. The van der Waals surface area contributed by atoms with Gasteiger partial charge in [-0.3, -0.25) is 9.36 Å². The van der Waals surface area contributed by atoms with Crippen molar-refractivity contribution in [2.24, 2.45) is 0 Å². The SMILES string of the molecule is Cc1cccc(-n2c(SCC(=O)NCCc3ccccc3)nnc2N2CCOCC2)c1. The summed E-state index contributed by atoms with van der Waals surface area (Å²) < 4.78 is 7.53. The Kier molecular flexibility index (Phi) is 7.22. The number of benzene rings is 2. The second kappa shape index (κ2) is 10.5. The van der Waals surface area contributed by atoms with Crippen LogP contribution in [0.1, 0.15) is 11.1 Å². The summed E-state index contributed by atoms with van der Waals surface area (Å²) in [5, 5.41) is 12.6. The summed E-state index contributed by atoms with van der Waals surface area (Å²) in [6, 6.07) is 18.4. The predicted molar refractivity (Wildman–Crippen MR) is 123 cm³/mol. The fraction of sp³-hybridized carbons (Fsp3) is 0.348. The van der Waals surface area contributed by atoms with E-state index in [4.69, 9.17) is 4.74 Å². The minimum Gasteiger partial charge on any atom is -0.378 e. The first-order chi connectivity index (χ1) is 15.2. The lowest BCUT2D eigenvalue weighted by molar-refractivity contribution is -0.118. The molecule has 1 N–H and O–H groups in total. The Labute approximate surface area is 186 Å². The van der Waals surface area contributed by atoms with Crippen molar-refractivity contribution in [3.63, 3.8) is 0 Å². The third-order valence-corrected chi connectivity index (χ3v) is 6.01. The Morgan fingerprint density at radius 2 is 1.90 bits per heavy atom. The molecule has 8 heteroatoms. The molecule has 2 heterocycles. The summed E-state index contributed by atoms with van der Waals surface area (Å²) >= 11 is 1.41. The van der Waals surface area contributed by atoms with Crippen LogP contribution in [0, 0.1) is 6.92 Å². The molecule has 7 nitrogen and oxygen atoms in total. The van der Waals surface area contributed by atoms with Crippen LogP contribution in [0.25, 0.3) is 5.69 Å². The molecule has 0 saturated carbocycles. The summed E-state index contributed by atoms with van der Waals surface area (Å²) in [7, 11) is 0. The van der Waals surface area contributed by atoms with E-state index in [1.165, 1.54) is 17.3 Å². The molecular weight excluding hydrogens is 410 g/mol. The zero-order chi connectivity index (χ0) is 21.5. The zero-order valence-corrected chi connectivity index (χ0v) is 18.5. The molecule has 1 amide bonds. The molecule has 31 heavy (non-hydrogen) atoms. The highest BCUT2D eigenvalue weighted by atomic mass is 32.2. The molecule has 0 bridgehead atoms. The van der Waals surface area contributed by atoms with Crippen LogP contribution in [-0.4, -0.2) is 59.3 Å². The van der Waals surface area contributed by atoms with E-state index in [9.17, 15) is 4.79 Å². The molecule has 0 spiro atoms. The molecular formula is C23H27N5O2S. The van der Waals surface area contributed by atoms with Gasteiger partial charge in [0.2, 0.25) is 11.9 Å². The van der Waals surface area contributed by atoms with Crippen molar-refractivity contribution in [1.82, 2.24) is 20.1 Å². The maximum Gasteiger partial charge on any atom is 0.232 e. The summed E-state index contributed by atoms with van der Waals surface area (Å²) in [5.74, 6) is 1.08. The number of carbonyl (C=O) groups excluding carboxylic acids is 1. The number of rotatable bonds is 8. The van der Waals surface area contributed by atoms with Gasteiger partial charge in [0.1, 0.15) is 0 Å². The largest absolute Gasteiger partial charge is 0.378 e. The van der Waals surface area contributed by atoms with Gasteiger partial charge in [-0.05, 0) is 36.6 Å². The molecule has 1 saturated heterocycles. The number of hydrogen-bond donors (Lipinski definition) is 1. The van der Waals surface area contributed by atoms with Gasteiger partial charge in [-0.1, -0.05) is 54.2 Å². The fourth-order valence-electron chi connectivity index (χ4n) is 3.49. The second-order valence-corrected chi connectivity index (χ2v) is 8.37. The summed E-state index contributed by atoms with van der Waals surface area (Å²) in [4.78, 5) is 14.6. The van der Waals surface area contributed by atoms with E-state index in [-0.39, 0.29) is 5.91 Å². The normalized spacial score (nSPS) is 13.9. The van der Waals surface area contributed by atoms with Gasteiger partial charge >= 0.3 is 0 Å². The third-order valence-electron chi connectivity index (χ3n) is 5.08. The van der Waals surface area contributed by atoms with Crippen molar-refractivity contribution in [3.8, 4) is 5.69 Å². The van der Waals surface area contributed by atoms with E-state index in [2.05, 4.69) is 51.6 Å². The van der Waals surface area contributed by atoms with Crippen LogP contribution in [0.5, 0.6) is 0 Å². The highest BCUT2D eigenvalue weighted by Crippen LogP contribution is 2.27. The van der Waals surface area contributed by atoms with Crippen LogP contribution < -0.4 is 10.2 Å². The smallest absolute Gasteiger partial charge is 0.232 e. The van der Waals surface area contributed by atoms with Crippen LogP contribution >= 0.6 is 11.8 Å². The number of anilines is 1. The molecule has 0 atom stereocenters. The maximum atomic E-state index is 12.4. The number of morpholine rings is 1. The van der Waals surface area contributed by atoms with Crippen molar-refractivity contribution in [2.75, 3.05) is 43.5 Å². The van der Waals surface area contributed by atoms with E-state index in [1.807, 2.05) is 34.9 Å². The van der Waals surface area contributed by atoms with Gasteiger partial charge < -0.3 is 15.0 Å². The second-order valence-electron chi connectivity index (χ2n) is 7.43. The number of carbonyl (C=O) groups is 1. The summed E-state index contributed by atoms with van der Waals surface area (Å²) in [6.07, 6.45) is 0.817. The van der Waals surface area contributed by atoms with E-state index < -0.39 is 0 Å². The van der Waals surface area contributed by atoms with E-state index in [0.717, 1.165) is 36.7 Å². The average molecular weight is 438 g/mol. The Morgan fingerprint density at radius 3 is 2.68 bits per heavy atom. The zero-order valence-electron chi connectivity index (χ0n) is 17.7. The maximum absolute atomic E-state index is 12.4. The lowest BCUT2D eigenvalue weighted by Gasteiger charge is -2.28. The average Bonchev–Trinajstić information content (AvgIpc) is 3.23. The van der Waals surface area contributed by atoms with Crippen molar-refractivity contribution in [1.29, 1.82) is 0 Å². The van der Waals surface area contributed by atoms with Gasteiger partial charge in [0.05, 0.1) is 24.7 Å². The van der Waals surface area contributed by atoms with Gasteiger partial charge in [0.15, 0.2) is 5.16 Å². The van der Waals surface area contributed by atoms with E-state index in [0.29, 0.717) is 30.7 Å². The lowest BCUT2D eigenvalue weighted by atomic mass is 10.1. The Balaban J connectivity index is 1.43. The van der Waals surface area contributed by atoms with Gasteiger partial charge in [-0.15, -0.1) is 10.2 Å². The highest BCUT2D eigenvalue weighted by molar-refractivity contribution is 7.99. The topological polar surface area (TPSA) is 72.3 Å². The quantitative estimate of drug-likeness (QED) is 0.547. The molecule has 1 aliphatic rings. The Bertz CT molecular complexity index is 1000. The van der Waals surface area contributed by atoms with Crippen molar-refractivity contribution in [3.05, 3.63) is 65.7 Å². The number of aromatic nitrogens is 3. The van der Waals surface area contributed by atoms with Gasteiger partial charge in [0, 0.05) is 19.6 Å². The van der Waals surface area contributed by atoms with Crippen LogP contribution in [-0.2, 0) is 16.0 Å². The lowest BCUT2D eigenvalue weighted by Crippen LogP contribution is -2.37. The van der Waals surface area contributed by atoms with Gasteiger partial charge in [0.25, 0.3) is 0 Å². The molecule has 4 rings (SSSR count). The van der Waals surface area contributed by atoms with Crippen LogP contribution in [0.2, 0.25) is 0 Å². The first-order valence-corrected chi connectivity index (χ1v) is 11.5. The molecule has 3 aromatic rings. The van der Waals surface area contributed by atoms with Crippen LogP contribution in [0.4, 0.5) is 5.95 Å². The minimum absolute atomic E-state index is 0.00681. The van der Waals surface area contributed by atoms with Crippen molar-refractivity contribution >= 4 is 23.6 Å². The number of amides is 1. The first kappa shape index (κ1) is 21.4. The van der Waals surface area contributed by atoms with Crippen LogP contribution in [0.3, 0.4) is 0 Å². The molecule has 162 valence electrons. The Morgan fingerprint density at radius 1 is 1.10 bits per heavy atom. The molecule has 1 fully saturated rings. The van der Waals surface area contributed by atoms with Crippen molar-refractivity contribution < 1.29 is 9.53 Å². The van der Waals surface area contributed by atoms with Crippen LogP contribution in [0.15, 0.2) is 59.8 Å². The third kappa shape index (κ3) is 5.65. The standard InChI is InChI=1S/C23H27N5O2S/c1-18-6-5-9-20(16-18)28-22(27-12-14-30-15-13-27)25-26-23(28)31-17-21(29)24-11-10-19-7-3-2-4-8-19/h2-9,16H,10-15,17H2,1H3,(H,24,29). The minimum atomic E-state index is -0.00681. The number of ether oxygens (including phenoxy) is 1. The fourth-order valence-corrected chi connectivity index (χ4v) is 4.27. The van der Waals surface area contributed by atoms with Gasteiger partial charge in [-0.2, -0.15) is 0 Å². The van der Waals surface area contributed by atoms with E-state index >= 15 is 0 Å². The number of nitrogens with one attached hydrogen (secondary N) is 1. The molecule has 1 aromatic heterocycles. The number of aryl methyl sites for hydroxylation is 1. The monoisotopic (exact) mass is 437 g/mol. The number of hydrogen-bond acceptors (Lipinski definition) is 6. The van der Waals surface area contributed by atoms with Gasteiger partial charge in [-0.25, -0.2) is 0 Å². The highest BCUT2D eigenvalue weighted by Gasteiger charge is 2.22. The molecule has 0 unspecified atom stereocenters. The molecule has 0 radical (unpaired) electrons. The van der Waals surface area contributed by atoms with Crippen molar-refractivity contribution in [2.45, 2.75) is 18.5 Å². The summed E-state index contributed by atoms with van der Waals surface area (Å²) in [6.45, 7) is 5.57.